The van der Waals surface area contributed by atoms with Crippen molar-refractivity contribution < 1.29 is 19.1 Å². The lowest BCUT2D eigenvalue weighted by Gasteiger charge is -2.30. The Morgan fingerprint density at radius 1 is 0.964 bits per heavy atom. The van der Waals surface area contributed by atoms with Crippen molar-refractivity contribution in [1.29, 1.82) is 0 Å². The zero-order valence-electron chi connectivity index (χ0n) is 16.2. The van der Waals surface area contributed by atoms with Gasteiger partial charge in [-0.1, -0.05) is 37.1 Å². The van der Waals surface area contributed by atoms with E-state index in [9.17, 15) is 9.59 Å². The smallest absolute Gasteiger partial charge is 0.337 e. The van der Waals surface area contributed by atoms with Crippen molar-refractivity contribution in [1.82, 2.24) is 5.32 Å². The van der Waals surface area contributed by atoms with E-state index in [0.717, 1.165) is 42.6 Å². The van der Waals surface area contributed by atoms with Crippen molar-refractivity contribution in [2.75, 3.05) is 14.2 Å². The molecule has 1 saturated carbocycles. The van der Waals surface area contributed by atoms with Gasteiger partial charge in [0.05, 0.1) is 25.3 Å². The second-order valence-corrected chi connectivity index (χ2v) is 6.95. The zero-order chi connectivity index (χ0) is 20.0. The fraction of sp³-hybridized carbons (Fsp3) is 0.304. The lowest BCUT2D eigenvalue weighted by atomic mass is 9.88. The third-order valence-electron chi connectivity index (χ3n) is 5.22. The summed E-state index contributed by atoms with van der Waals surface area (Å²) in [6.07, 6.45) is 7.30. The maximum atomic E-state index is 12.6. The maximum Gasteiger partial charge on any atom is 0.337 e. The van der Waals surface area contributed by atoms with Crippen LogP contribution in [0.1, 0.15) is 47.2 Å². The number of carbonyl (C=O) groups is 2. The van der Waals surface area contributed by atoms with E-state index in [0.29, 0.717) is 5.56 Å². The predicted molar refractivity (Wildman–Crippen MR) is 108 cm³/mol. The first kappa shape index (κ1) is 19.7. The molecular formula is C23H25NO4. The van der Waals surface area contributed by atoms with Crippen molar-refractivity contribution in [3.8, 4) is 5.75 Å². The van der Waals surface area contributed by atoms with E-state index in [1.165, 1.54) is 13.2 Å². The quantitative estimate of drug-likeness (QED) is 0.607. The topological polar surface area (TPSA) is 64.6 Å². The van der Waals surface area contributed by atoms with Crippen LogP contribution < -0.4 is 10.1 Å². The molecule has 0 spiro atoms. The number of ether oxygens (including phenoxy) is 2. The molecule has 0 bridgehead atoms. The highest BCUT2D eigenvalue weighted by Crippen LogP contribution is 2.39. The van der Waals surface area contributed by atoms with Gasteiger partial charge in [-0.05, 0) is 54.3 Å². The molecule has 0 heterocycles. The number of carbonyl (C=O) groups excluding carboxylic acids is 2. The molecule has 2 aromatic carbocycles. The van der Waals surface area contributed by atoms with Crippen LogP contribution in [0.3, 0.4) is 0 Å². The van der Waals surface area contributed by atoms with E-state index < -0.39 is 0 Å². The van der Waals surface area contributed by atoms with Crippen molar-refractivity contribution in [3.05, 3.63) is 71.3 Å². The monoisotopic (exact) mass is 379 g/mol. The first-order chi connectivity index (χ1) is 13.6. The van der Waals surface area contributed by atoms with E-state index in [4.69, 9.17) is 4.74 Å². The molecule has 1 aliphatic carbocycles. The molecule has 5 heteroatoms. The molecule has 3 rings (SSSR count). The van der Waals surface area contributed by atoms with Gasteiger partial charge in [0.1, 0.15) is 5.75 Å². The molecule has 1 N–H and O–H groups in total. The summed E-state index contributed by atoms with van der Waals surface area (Å²) in [5.41, 5.74) is 2.10. The summed E-state index contributed by atoms with van der Waals surface area (Å²) in [7, 11) is 2.99. The summed E-state index contributed by atoms with van der Waals surface area (Å²) in [6.45, 7) is 0. The number of hydrogen-bond donors (Lipinski definition) is 1. The number of amides is 1. The fourth-order valence-corrected chi connectivity index (χ4v) is 3.67. The van der Waals surface area contributed by atoms with Gasteiger partial charge in [-0.2, -0.15) is 0 Å². The van der Waals surface area contributed by atoms with Crippen LogP contribution in [-0.2, 0) is 15.1 Å². The fourth-order valence-electron chi connectivity index (χ4n) is 3.67. The average Bonchev–Trinajstić information content (AvgIpc) is 3.21. The minimum absolute atomic E-state index is 0.130. The second kappa shape index (κ2) is 8.74. The minimum atomic E-state index is -0.379. The van der Waals surface area contributed by atoms with Crippen LogP contribution in [0, 0.1) is 0 Å². The van der Waals surface area contributed by atoms with Crippen molar-refractivity contribution in [2.45, 2.75) is 31.2 Å². The maximum absolute atomic E-state index is 12.6. The van der Waals surface area contributed by atoms with Crippen LogP contribution in [0.4, 0.5) is 0 Å². The molecule has 0 saturated heterocycles. The Morgan fingerprint density at radius 3 is 2.18 bits per heavy atom. The van der Waals surface area contributed by atoms with Crippen molar-refractivity contribution >= 4 is 18.0 Å². The molecular weight excluding hydrogens is 354 g/mol. The van der Waals surface area contributed by atoms with Gasteiger partial charge < -0.3 is 14.8 Å². The zero-order valence-corrected chi connectivity index (χ0v) is 16.2. The molecule has 1 fully saturated rings. The van der Waals surface area contributed by atoms with Gasteiger partial charge in [0.2, 0.25) is 5.91 Å². The molecule has 0 unspecified atom stereocenters. The lowest BCUT2D eigenvalue weighted by molar-refractivity contribution is -0.118. The largest absolute Gasteiger partial charge is 0.497 e. The molecule has 2 aromatic rings. The van der Waals surface area contributed by atoms with E-state index in [2.05, 4.69) is 10.1 Å². The van der Waals surface area contributed by atoms with Gasteiger partial charge in [0.25, 0.3) is 0 Å². The minimum Gasteiger partial charge on any atom is -0.497 e. The molecule has 5 nitrogen and oxygen atoms in total. The van der Waals surface area contributed by atoms with E-state index >= 15 is 0 Å². The van der Waals surface area contributed by atoms with Crippen LogP contribution in [0.2, 0.25) is 0 Å². The Hall–Kier alpha value is -3.08. The summed E-state index contributed by atoms with van der Waals surface area (Å²) in [6, 6.07) is 14.8. The highest BCUT2D eigenvalue weighted by atomic mass is 16.5. The Morgan fingerprint density at radius 2 is 1.61 bits per heavy atom. The second-order valence-electron chi connectivity index (χ2n) is 6.95. The molecule has 1 amide bonds. The van der Waals surface area contributed by atoms with Gasteiger partial charge in [-0.15, -0.1) is 0 Å². The normalized spacial score (nSPS) is 15.4. The molecule has 0 aliphatic heterocycles. The Kier molecular flexibility index (Phi) is 6.14. The molecule has 28 heavy (non-hydrogen) atoms. The van der Waals surface area contributed by atoms with Crippen LogP contribution >= 0.6 is 0 Å². The number of hydrogen-bond acceptors (Lipinski definition) is 4. The van der Waals surface area contributed by atoms with Gasteiger partial charge in [0.15, 0.2) is 0 Å². The number of nitrogens with one attached hydrogen (secondary N) is 1. The summed E-state index contributed by atoms with van der Waals surface area (Å²) in [5.74, 6) is 0.296. The van der Waals surface area contributed by atoms with Gasteiger partial charge in [-0.3, -0.25) is 4.79 Å². The van der Waals surface area contributed by atoms with Crippen LogP contribution in [0.15, 0.2) is 54.6 Å². The molecule has 0 atom stereocenters. The number of benzene rings is 2. The Labute approximate surface area is 165 Å². The van der Waals surface area contributed by atoms with Gasteiger partial charge >= 0.3 is 5.97 Å². The van der Waals surface area contributed by atoms with E-state index in [1.807, 2.05) is 24.3 Å². The first-order valence-corrected chi connectivity index (χ1v) is 9.39. The van der Waals surface area contributed by atoms with Crippen LogP contribution in [0.5, 0.6) is 5.75 Å². The summed E-state index contributed by atoms with van der Waals surface area (Å²) < 4.78 is 9.92. The standard InChI is InChI=1S/C23H25NO4/c1-27-20-12-10-19(11-13-20)23(15-3-4-16-23)24-21(25)14-7-17-5-8-18(9-6-17)22(26)28-2/h5-14H,3-4,15-16H2,1-2H3,(H,24,25)/b14-7+. The van der Waals surface area contributed by atoms with Crippen LogP contribution in [-0.4, -0.2) is 26.1 Å². The average molecular weight is 379 g/mol. The third kappa shape index (κ3) is 4.42. The number of rotatable bonds is 6. The third-order valence-corrected chi connectivity index (χ3v) is 5.22. The predicted octanol–water partition coefficient (Wildman–Crippen LogP) is 4.08. The molecule has 1 aliphatic rings. The Bertz CT molecular complexity index is 847. The van der Waals surface area contributed by atoms with Crippen molar-refractivity contribution in [3.63, 3.8) is 0 Å². The van der Waals surface area contributed by atoms with Gasteiger partial charge in [0, 0.05) is 6.08 Å². The van der Waals surface area contributed by atoms with Crippen LogP contribution in [0.25, 0.3) is 6.08 Å². The lowest BCUT2D eigenvalue weighted by Crippen LogP contribution is -2.43. The van der Waals surface area contributed by atoms with E-state index in [-0.39, 0.29) is 17.4 Å². The summed E-state index contributed by atoms with van der Waals surface area (Å²) >= 11 is 0. The highest BCUT2D eigenvalue weighted by molar-refractivity contribution is 5.93. The molecule has 146 valence electrons. The van der Waals surface area contributed by atoms with Crippen molar-refractivity contribution in [2.24, 2.45) is 0 Å². The number of esters is 1. The SMILES string of the molecule is COC(=O)c1ccc(/C=C/C(=O)NC2(c3ccc(OC)cc3)CCCC2)cc1. The molecule has 0 aromatic heterocycles. The number of methoxy groups -OCH3 is 2. The van der Waals surface area contributed by atoms with Gasteiger partial charge in [-0.25, -0.2) is 4.79 Å². The highest BCUT2D eigenvalue weighted by Gasteiger charge is 2.36. The van der Waals surface area contributed by atoms with E-state index in [1.54, 1.807) is 37.5 Å². The Balaban J connectivity index is 1.70. The summed E-state index contributed by atoms with van der Waals surface area (Å²) in [4.78, 5) is 24.1. The molecule has 0 radical (unpaired) electrons. The summed E-state index contributed by atoms with van der Waals surface area (Å²) in [5, 5.41) is 3.21. The first-order valence-electron chi connectivity index (χ1n) is 9.39.